The number of hydrogen-bond acceptors (Lipinski definition) is 4. The predicted octanol–water partition coefficient (Wildman–Crippen LogP) is 5.01. The van der Waals surface area contributed by atoms with Crippen LogP contribution in [0, 0.1) is 0 Å². The van der Waals surface area contributed by atoms with E-state index in [1.54, 1.807) is 13.3 Å². The Morgan fingerprint density at radius 3 is 2.63 bits per heavy atom. The lowest BCUT2D eigenvalue weighted by atomic mass is 9.90. The van der Waals surface area contributed by atoms with Gasteiger partial charge in [-0.3, -0.25) is 4.98 Å². The molecule has 0 radical (unpaired) electrons. The van der Waals surface area contributed by atoms with Crippen LogP contribution in [0.4, 0.5) is 0 Å². The highest BCUT2D eigenvalue weighted by atomic mass is 16.1. The summed E-state index contributed by atoms with van der Waals surface area (Å²) in [5.41, 5.74) is 5.15. The lowest BCUT2D eigenvalue weighted by molar-refractivity contribution is -0.117. The number of hydrogen-bond donors (Lipinski definition) is 0. The SMILES string of the molecule is CC(=O)C[C@H](CCCCCCc1ccc2c(n1)CCCC2)c1cncnc1. The molecule has 0 amide bonds. The fraction of sp³-hybridized carbons (Fsp3) is 0.565. The molecule has 2 aromatic heterocycles. The first-order valence-corrected chi connectivity index (χ1v) is 10.4. The minimum absolute atomic E-state index is 0.238. The Bertz CT molecular complexity index is 730. The van der Waals surface area contributed by atoms with Crippen molar-refractivity contribution in [1.82, 2.24) is 15.0 Å². The molecule has 0 N–H and O–H groups in total. The molecule has 1 atom stereocenters. The van der Waals surface area contributed by atoms with Gasteiger partial charge in [-0.15, -0.1) is 0 Å². The summed E-state index contributed by atoms with van der Waals surface area (Å²) < 4.78 is 0. The molecular formula is C23H31N3O. The Hall–Kier alpha value is -2.10. The normalized spacial score (nSPS) is 14.6. The van der Waals surface area contributed by atoms with E-state index in [2.05, 4.69) is 22.1 Å². The number of pyridine rings is 1. The maximum atomic E-state index is 11.6. The zero-order valence-corrected chi connectivity index (χ0v) is 16.5. The van der Waals surface area contributed by atoms with Crippen molar-refractivity contribution in [1.29, 1.82) is 0 Å². The average Bonchev–Trinajstić information content (AvgIpc) is 2.70. The predicted molar refractivity (Wildman–Crippen MR) is 108 cm³/mol. The molecule has 0 saturated carbocycles. The van der Waals surface area contributed by atoms with E-state index in [0.29, 0.717) is 6.42 Å². The molecule has 27 heavy (non-hydrogen) atoms. The van der Waals surface area contributed by atoms with Gasteiger partial charge < -0.3 is 4.79 Å². The van der Waals surface area contributed by atoms with Crippen molar-refractivity contribution in [3.8, 4) is 0 Å². The molecule has 4 heteroatoms. The number of fused-ring (bicyclic) bond motifs is 1. The summed E-state index contributed by atoms with van der Waals surface area (Å²) in [5.74, 6) is 0.494. The van der Waals surface area contributed by atoms with Crippen LogP contribution in [0.3, 0.4) is 0 Å². The Morgan fingerprint density at radius 2 is 1.81 bits per heavy atom. The summed E-state index contributed by atoms with van der Waals surface area (Å²) in [4.78, 5) is 24.7. The lowest BCUT2D eigenvalue weighted by Gasteiger charge is -2.16. The second-order valence-corrected chi connectivity index (χ2v) is 7.84. The fourth-order valence-corrected chi connectivity index (χ4v) is 4.07. The summed E-state index contributed by atoms with van der Waals surface area (Å²) >= 11 is 0. The van der Waals surface area contributed by atoms with Gasteiger partial charge in [-0.2, -0.15) is 0 Å². The number of nitrogens with zero attached hydrogens (tertiary/aromatic N) is 3. The lowest BCUT2D eigenvalue weighted by Crippen LogP contribution is -2.07. The van der Waals surface area contributed by atoms with Crippen molar-refractivity contribution in [2.24, 2.45) is 0 Å². The number of carbonyl (C=O) groups is 1. The van der Waals surface area contributed by atoms with E-state index < -0.39 is 0 Å². The number of aryl methyl sites for hydroxylation is 3. The molecule has 2 aromatic rings. The van der Waals surface area contributed by atoms with Gasteiger partial charge in [-0.1, -0.05) is 25.3 Å². The van der Waals surface area contributed by atoms with Crippen molar-refractivity contribution in [3.63, 3.8) is 0 Å². The van der Waals surface area contributed by atoms with Gasteiger partial charge in [0.15, 0.2) is 0 Å². The van der Waals surface area contributed by atoms with Crippen LogP contribution in [-0.4, -0.2) is 20.7 Å². The van der Waals surface area contributed by atoms with E-state index in [1.807, 2.05) is 12.4 Å². The zero-order valence-electron chi connectivity index (χ0n) is 16.5. The van der Waals surface area contributed by atoms with E-state index in [9.17, 15) is 4.79 Å². The van der Waals surface area contributed by atoms with Crippen molar-refractivity contribution < 1.29 is 4.79 Å². The molecule has 1 aliphatic carbocycles. The number of Topliss-reactive ketones (excluding diaryl/α,β-unsaturated/α-hetero) is 1. The van der Waals surface area contributed by atoms with Crippen LogP contribution in [0.1, 0.15) is 86.7 Å². The fourth-order valence-electron chi connectivity index (χ4n) is 4.07. The molecule has 4 nitrogen and oxygen atoms in total. The zero-order chi connectivity index (χ0) is 18.9. The van der Waals surface area contributed by atoms with Crippen LogP contribution < -0.4 is 0 Å². The van der Waals surface area contributed by atoms with E-state index >= 15 is 0 Å². The summed E-state index contributed by atoms with van der Waals surface area (Å²) in [6.07, 6.45) is 17.7. The maximum Gasteiger partial charge on any atom is 0.130 e. The molecule has 144 valence electrons. The maximum absolute atomic E-state index is 11.6. The minimum atomic E-state index is 0.238. The first-order chi connectivity index (χ1) is 13.2. The van der Waals surface area contributed by atoms with E-state index in [-0.39, 0.29) is 11.7 Å². The van der Waals surface area contributed by atoms with Gasteiger partial charge in [0.25, 0.3) is 0 Å². The average molecular weight is 366 g/mol. The first kappa shape index (κ1) is 19.7. The third-order valence-corrected chi connectivity index (χ3v) is 5.56. The number of unbranched alkanes of at least 4 members (excludes halogenated alkanes) is 3. The topological polar surface area (TPSA) is 55.7 Å². The van der Waals surface area contributed by atoms with Crippen LogP contribution in [0.15, 0.2) is 30.9 Å². The Labute approximate surface area is 162 Å². The highest BCUT2D eigenvalue weighted by molar-refractivity contribution is 5.76. The summed E-state index contributed by atoms with van der Waals surface area (Å²) in [7, 11) is 0. The molecular weight excluding hydrogens is 334 g/mol. The largest absolute Gasteiger partial charge is 0.300 e. The number of rotatable bonds is 10. The van der Waals surface area contributed by atoms with Crippen molar-refractivity contribution >= 4 is 5.78 Å². The molecule has 0 spiro atoms. The molecule has 0 aromatic carbocycles. The molecule has 0 bridgehead atoms. The van der Waals surface area contributed by atoms with Crippen LogP contribution in [-0.2, 0) is 24.1 Å². The number of aromatic nitrogens is 3. The molecule has 0 saturated heterocycles. The molecule has 0 aliphatic heterocycles. The number of carbonyl (C=O) groups excluding carboxylic acids is 1. The first-order valence-electron chi connectivity index (χ1n) is 10.4. The third-order valence-electron chi connectivity index (χ3n) is 5.56. The Kier molecular flexibility index (Phi) is 7.49. The smallest absolute Gasteiger partial charge is 0.130 e. The van der Waals surface area contributed by atoms with Crippen LogP contribution in [0.2, 0.25) is 0 Å². The monoisotopic (exact) mass is 365 g/mol. The molecule has 1 aliphatic rings. The van der Waals surface area contributed by atoms with Crippen LogP contribution >= 0.6 is 0 Å². The number of ketones is 1. The highest BCUT2D eigenvalue weighted by Crippen LogP contribution is 2.25. The molecule has 3 rings (SSSR count). The van der Waals surface area contributed by atoms with Gasteiger partial charge in [-0.25, -0.2) is 9.97 Å². The van der Waals surface area contributed by atoms with Crippen molar-refractivity contribution in [2.45, 2.75) is 83.5 Å². The van der Waals surface area contributed by atoms with E-state index in [1.165, 1.54) is 55.5 Å². The third kappa shape index (κ3) is 6.23. The van der Waals surface area contributed by atoms with Crippen molar-refractivity contribution in [3.05, 3.63) is 53.4 Å². The van der Waals surface area contributed by atoms with E-state index in [4.69, 9.17) is 4.98 Å². The van der Waals surface area contributed by atoms with Gasteiger partial charge in [0.1, 0.15) is 12.1 Å². The standard InChI is InChI=1S/C23H31N3O/c1-18(27)14-20(21-15-24-17-25-16-21)9-4-2-3-5-10-22-13-12-19-8-6-7-11-23(19)26-22/h12-13,15-17,20H,2-11,14H2,1H3/t20-/m0/s1. The molecule has 2 heterocycles. The minimum Gasteiger partial charge on any atom is -0.300 e. The van der Waals surface area contributed by atoms with Crippen LogP contribution in [0.25, 0.3) is 0 Å². The quantitative estimate of drug-likeness (QED) is 0.556. The summed E-state index contributed by atoms with van der Waals surface area (Å²) in [6, 6.07) is 4.52. The second-order valence-electron chi connectivity index (χ2n) is 7.84. The van der Waals surface area contributed by atoms with Gasteiger partial charge in [0, 0.05) is 30.2 Å². The Morgan fingerprint density at radius 1 is 1.04 bits per heavy atom. The molecule has 0 fully saturated rings. The van der Waals surface area contributed by atoms with Crippen molar-refractivity contribution in [2.75, 3.05) is 0 Å². The highest BCUT2D eigenvalue weighted by Gasteiger charge is 2.14. The van der Waals surface area contributed by atoms with E-state index in [0.717, 1.165) is 31.2 Å². The summed E-state index contributed by atoms with van der Waals surface area (Å²) in [6.45, 7) is 1.67. The summed E-state index contributed by atoms with van der Waals surface area (Å²) in [5, 5.41) is 0. The second kappa shape index (κ2) is 10.3. The van der Waals surface area contributed by atoms with Gasteiger partial charge >= 0.3 is 0 Å². The Balaban J connectivity index is 1.38. The van der Waals surface area contributed by atoms with Crippen LogP contribution in [0.5, 0.6) is 0 Å². The van der Waals surface area contributed by atoms with Gasteiger partial charge in [0.2, 0.25) is 0 Å². The van der Waals surface area contributed by atoms with Gasteiger partial charge in [0.05, 0.1) is 0 Å². The molecule has 0 unspecified atom stereocenters. The van der Waals surface area contributed by atoms with Gasteiger partial charge in [-0.05, 0) is 75.0 Å².